The van der Waals surface area contributed by atoms with Gasteiger partial charge in [0.05, 0.1) is 22.7 Å². The topological polar surface area (TPSA) is 86.0 Å². The fourth-order valence-electron chi connectivity index (χ4n) is 1.55. The van der Waals surface area contributed by atoms with Crippen LogP contribution in [-0.4, -0.2) is 25.0 Å². The van der Waals surface area contributed by atoms with E-state index in [-0.39, 0.29) is 5.96 Å². The van der Waals surface area contributed by atoms with Crippen molar-refractivity contribution < 1.29 is 4.74 Å². The summed E-state index contributed by atoms with van der Waals surface area (Å²) in [6.07, 6.45) is 2.61. The van der Waals surface area contributed by atoms with Crippen molar-refractivity contribution in [2.75, 3.05) is 13.4 Å². The van der Waals surface area contributed by atoms with Gasteiger partial charge >= 0.3 is 0 Å². The smallest absolute Gasteiger partial charge is 0.211 e. The van der Waals surface area contributed by atoms with Crippen LogP contribution < -0.4 is 16.2 Å². The van der Waals surface area contributed by atoms with E-state index in [0.717, 1.165) is 10.5 Å². The van der Waals surface area contributed by atoms with E-state index in [2.05, 4.69) is 10.2 Å². The summed E-state index contributed by atoms with van der Waals surface area (Å²) in [6, 6.07) is 3.83. The van der Waals surface area contributed by atoms with Gasteiger partial charge in [-0.1, -0.05) is 24.6 Å². The Kier molecular flexibility index (Phi) is 5.98. The molecule has 1 aromatic rings. The van der Waals surface area contributed by atoms with Crippen LogP contribution in [0.3, 0.4) is 0 Å². The molecule has 0 aliphatic rings. The summed E-state index contributed by atoms with van der Waals surface area (Å²) in [7, 11) is 1.59. The van der Waals surface area contributed by atoms with Crippen molar-refractivity contribution in [2.45, 2.75) is 18.2 Å². The molecule has 0 bridgehead atoms. The van der Waals surface area contributed by atoms with E-state index in [1.165, 1.54) is 0 Å². The third-order valence-electron chi connectivity index (χ3n) is 2.42. The van der Waals surface area contributed by atoms with Gasteiger partial charge in [-0.25, -0.2) is 0 Å². The fraction of sp³-hybridized carbons (Fsp3) is 0.333. The zero-order valence-electron chi connectivity index (χ0n) is 11.1. The van der Waals surface area contributed by atoms with Gasteiger partial charge in [0.1, 0.15) is 0 Å². The second kappa shape index (κ2) is 7.25. The molecule has 1 aromatic carbocycles. The molecule has 0 heterocycles. The first-order valence-corrected chi connectivity index (χ1v) is 7.21. The summed E-state index contributed by atoms with van der Waals surface area (Å²) in [4.78, 5) is 0.966. The average Bonchev–Trinajstić information content (AvgIpc) is 2.40. The molecule has 0 fully saturated rings. The second-order valence-electron chi connectivity index (χ2n) is 3.59. The molecule has 0 saturated carbocycles. The molecule has 1 rings (SSSR count). The maximum atomic E-state index is 6.35. The number of nitrogens with zero attached hydrogens (tertiary/aromatic N) is 2. The van der Waals surface area contributed by atoms with E-state index in [1.54, 1.807) is 18.9 Å². The number of guanidine groups is 1. The van der Waals surface area contributed by atoms with E-state index >= 15 is 0 Å². The Morgan fingerprint density at radius 2 is 2.05 bits per heavy atom. The Hall–Kier alpha value is -1.40. The number of rotatable bonds is 5. The molecule has 0 unspecified atom stereocenters. The van der Waals surface area contributed by atoms with Gasteiger partial charge < -0.3 is 16.2 Å². The normalized spacial score (nSPS) is 11.3. The van der Waals surface area contributed by atoms with Crippen LogP contribution in [0.25, 0.3) is 0 Å². The molecule has 19 heavy (non-hydrogen) atoms. The molecule has 104 valence electrons. The second-order valence-corrected chi connectivity index (χ2v) is 4.81. The van der Waals surface area contributed by atoms with Gasteiger partial charge in [-0.15, -0.1) is 16.9 Å². The number of hydrogen-bond donors (Lipinski definition) is 2. The molecule has 0 radical (unpaired) electrons. The van der Waals surface area contributed by atoms with Crippen molar-refractivity contribution in [2.24, 2.45) is 21.7 Å². The van der Waals surface area contributed by atoms with Crippen molar-refractivity contribution in [1.82, 2.24) is 0 Å². The van der Waals surface area contributed by atoms with E-state index in [4.69, 9.17) is 27.8 Å². The first-order valence-electron chi connectivity index (χ1n) is 5.61. The van der Waals surface area contributed by atoms with Gasteiger partial charge in [0.2, 0.25) is 5.96 Å². The van der Waals surface area contributed by atoms with E-state index in [1.807, 2.05) is 25.3 Å². The number of nitrogens with two attached hydrogens (primary N) is 2. The average molecular weight is 301 g/mol. The third-order valence-corrected chi connectivity index (χ3v) is 3.55. The Morgan fingerprint density at radius 1 is 1.37 bits per heavy atom. The lowest BCUT2D eigenvalue weighted by Crippen LogP contribution is -2.22. The zero-order valence-corrected chi connectivity index (χ0v) is 12.7. The molecule has 0 spiro atoms. The number of halogens is 1. The van der Waals surface area contributed by atoms with Crippen molar-refractivity contribution >= 4 is 35.0 Å². The summed E-state index contributed by atoms with van der Waals surface area (Å²) in [5.74, 6) is 0.548. The van der Waals surface area contributed by atoms with Crippen LogP contribution in [-0.2, 0) is 0 Å². The lowest BCUT2D eigenvalue weighted by Gasteiger charge is -2.12. The molecular formula is C12H17ClN4OS. The van der Waals surface area contributed by atoms with Gasteiger partial charge in [0.25, 0.3) is 0 Å². The standard InChI is InChI=1S/C12H17ClN4OS/c1-4-8(16-17-12(14)15)7-5-6-9(19-3)11(18-2)10(7)13/h5-6H,4H2,1-3H3,(H4,14,15,17)/b16-8+. The number of hydrogen-bond acceptors (Lipinski definition) is 4. The minimum atomic E-state index is -0.0882. The summed E-state index contributed by atoms with van der Waals surface area (Å²) in [6.45, 7) is 1.95. The minimum absolute atomic E-state index is 0.0882. The van der Waals surface area contributed by atoms with Gasteiger partial charge in [-0.05, 0) is 18.7 Å². The van der Waals surface area contributed by atoms with E-state index in [0.29, 0.717) is 22.9 Å². The molecule has 0 atom stereocenters. The summed E-state index contributed by atoms with van der Waals surface area (Å²) in [5.41, 5.74) is 12.0. The van der Waals surface area contributed by atoms with Crippen molar-refractivity contribution in [1.29, 1.82) is 0 Å². The van der Waals surface area contributed by atoms with Crippen molar-refractivity contribution in [3.8, 4) is 5.75 Å². The molecule has 0 saturated heterocycles. The zero-order chi connectivity index (χ0) is 14.4. The highest BCUT2D eigenvalue weighted by molar-refractivity contribution is 7.98. The van der Waals surface area contributed by atoms with Crippen LogP contribution in [0.4, 0.5) is 0 Å². The monoisotopic (exact) mass is 300 g/mol. The summed E-state index contributed by atoms with van der Waals surface area (Å²) in [5, 5.41) is 8.19. The van der Waals surface area contributed by atoms with Crippen LogP contribution >= 0.6 is 23.4 Å². The van der Waals surface area contributed by atoms with Crippen LogP contribution in [0, 0.1) is 0 Å². The molecule has 0 aromatic heterocycles. The predicted octanol–water partition coefficient (Wildman–Crippen LogP) is 2.46. The van der Waals surface area contributed by atoms with Crippen LogP contribution in [0.1, 0.15) is 18.9 Å². The predicted molar refractivity (Wildman–Crippen MR) is 82.4 cm³/mol. The van der Waals surface area contributed by atoms with Gasteiger partial charge in [-0.3, -0.25) is 0 Å². The van der Waals surface area contributed by atoms with Crippen LogP contribution in [0.15, 0.2) is 27.2 Å². The Bertz CT molecular complexity index is 513. The molecule has 7 heteroatoms. The van der Waals surface area contributed by atoms with Crippen LogP contribution in [0.2, 0.25) is 5.02 Å². The highest BCUT2D eigenvalue weighted by Crippen LogP contribution is 2.37. The molecule has 4 N–H and O–H groups in total. The van der Waals surface area contributed by atoms with E-state index in [9.17, 15) is 0 Å². The summed E-state index contributed by atoms with van der Waals surface area (Å²) < 4.78 is 5.33. The Morgan fingerprint density at radius 3 is 2.53 bits per heavy atom. The largest absolute Gasteiger partial charge is 0.494 e. The number of thioether (sulfide) groups is 1. The van der Waals surface area contributed by atoms with Crippen molar-refractivity contribution in [3.05, 3.63) is 22.7 Å². The SMILES string of the molecule is CC/C(=N\N=C(N)N)c1ccc(SC)c(OC)c1Cl. The maximum absolute atomic E-state index is 6.35. The van der Waals surface area contributed by atoms with Gasteiger partial charge in [0.15, 0.2) is 5.75 Å². The maximum Gasteiger partial charge on any atom is 0.211 e. The van der Waals surface area contributed by atoms with Crippen molar-refractivity contribution in [3.63, 3.8) is 0 Å². The quantitative estimate of drug-likeness (QED) is 0.378. The van der Waals surface area contributed by atoms with Crippen LogP contribution in [0.5, 0.6) is 5.75 Å². The number of ether oxygens (including phenoxy) is 1. The molecule has 0 aliphatic heterocycles. The molecule has 0 aliphatic carbocycles. The number of methoxy groups -OCH3 is 1. The molecule has 0 amide bonds. The first-order chi connectivity index (χ1) is 9.04. The lowest BCUT2D eigenvalue weighted by molar-refractivity contribution is 0.405. The first kappa shape index (κ1) is 15.7. The van der Waals surface area contributed by atoms with Gasteiger partial charge in [-0.2, -0.15) is 5.10 Å². The van der Waals surface area contributed by atoms with Gasteiger partial charge in [0, 0.05) is 5.56 Å². The molecule has 5 nitrogen and oxygen atoms in total. The highest BCUT2D eigenvalue weighted by atomic mass is 35.5. The Balaban J connectivity index is 3.34. The Labute approximate surface area is 122 Å². The highest BCUT2D eigenvalue weighted by Gasteiger charge is 2.15. The minimum Gasteiger partial charge on any atom is -0.494 e. The summed E-state index contributed by atoms with van der Waals surface area (Å²) >= 11 is 7.92. The fourth-order valence-corrected chi connectivity index (χ4v) is 2.53. The number of benzene rings is 1. The van der Waals surface area contributed by atoms with E-state index < -0.39 is 0 Å². The lowest BCUT2D eigenvalue weighted by atomic mass is 10.1. The molecular weight excluding hydrogens is 284 g/mol. The third kappa shape index (κ3) is 3.78.